The molecule has 0 heterocycles. The summed E-state index contributed by atoms with van der Waals surface area (Å²) >= 11 is 0. The fourth-order valence-electron chi connectivity index (χ4n) is 7.56. The average Bonchev–Trinajstić information content (AvgIpc) is 3.26. The van der Waals surface area contributed by atoms with Crippen molar-refractivity contribution in [2.45, 2.75) is 192 Å². The third-order valence-electron chi connectivity index (χ3n) is 11.8. The minimum absolute atomic E-state index is 0.0418. The van der Waals surface area contributed by atoms with Crippen LogP contribution in [0.4, 0.5) is 0 Å². The predicted octanol–water partition coefficient (Wildman–Crippen LogP) is 17.4. The lowest BCUT2D eigenvalue weighted by Crippen LogP contribution is -2.31. The van der Waals surface area contributed by atoms with Crippen molar-refractivity contribution in [2.75, 3.05) is 0 Å². The molecule has 0 radical (unpaired) electrons. The van der Waals surface area contributed by atoms with Crippen molar-refractivity contribution >= 4 is 5.57 Å². The Morgan fingerprint density at radius 1 is 0.608 bits per heavy atom. The van der Waals surface area contributed by atoms with E-state index in [2.05, 4.69) is 115 Å². The Balaban J connectivity index is 0.00000149. The highest BCUT2D eigenvalue weighted by Crippen LogP contribution is 2.56. The van der Waals surface area contributed by atoms with Crippen molar-refractivity contribution in [3.05, 3.63) is 101 Å². The molecule has 2 aliphatic rings. The van der Waals surface area contributed by atoms with E-state index in [1.165, 1.54) is 124 Å². The Labute approximate surface area is 319 Å². The van der Waals surface area contributed by atoms with Crippen molar-refractivity contribution in [3.63, 3.8) is 0 Å². The van der Waals surface area contributed by atoms with Gasteiger partial charge in [-0.15, -0.1) is 0 Å². The molecule has 0 fully saturated rings. The molecular weight excluding hydrogens is 613 g/mol. The molecule has 286 valence electrons. The maximum Gasteiger partial charge on any atom is 0.0215 e. The summed E-state index contributed by atoms with van der Waals surface area (Å²) in [6.07, 6.45) is 34.2. The van der Waals surface area contributed by atoms with E-state index < -0.39 is 0 Å². The lowest BCUT2D eigenvalue weighted by molar-refractivity contribution is 0.190. The van der Waals surface area contributed by atoms with Gasteiger partial charge in [-0.2, -0.15) is 0 Å². The first-order valence-electron chi connectivity index (χ1n) is 21.6. The van der Waals surface area contributed by atoms with E-state index >= 15 is 0 Å². The Hall–Kier alpha value is -2.60. The van der Waals surface area contributed by atoms with Crippen molar-refractivity contribution < 1.29 is 0 Å². The molecule has 2 aliphatic carbocycles. The fourth-order valence-corrected chi connectivity index (χ4v) is 7.56. The molecule has 0 saturated heterocycles. The maximum atomic E-state index is 2.60. The van der Waals surface area contributed by atoms with Crippen LogP contribution < -0.4 is 0 Å². The second-order valence-corrected chi connectivity index (χ2v) is 15.4. The van der Waals surface area contributed by atoms with Crippen LogP contribution in [-0.4, -0.2) is 0 Å². The molecule has 0 N–H and O–H groups in total. The van der Waals surface area contributed by atoms with Gasteiger partial charge in [0.05, 0.1) is 0 Å². The van der Waals surface area contributed by atoms with Gasteiger partial charge >= 0.3 is 0 Å². The van der Waals surface area contributed by atoms with E-state index in [-0.39, 0.29) is 16.2 Å². The Morgan fingerprint density at radius 2 is 1.08 bits per heavy atom. The molecule has 4 rings (SSSR count). The van der Waals surface area contributed by atoms with Gasteiger partial charge in [0, 0.05) is 10.8 Å². The van der Waals surface area contributed by atoms with E-state index in [1.54, 1.807) is 11.1 Å². The van der Waals surface area contributed by atoms with E-state index in [0.29, 0.717) is 0 Å². The molecule has 0 aliphatic heterocycles. The molecule has 0 spiro atoms. The highest BCUT2D eigenvalue weighted by molar-refractivity contribution is 5.90. The largest absolute Gasteiger partial charge is 0.0919 e. The van der Waals surface area contributed by atoms with Crippen LogP contribution in [0.1, 0.15) is 196 Å². The number of benzene rings is 2. The number of hydrogen-bond acceptors (Lipinski definition) is 0. The average molecular weight is 695 g/mol. The third-order valence-corrected chi connectivity index (χ3v) is 11.8. The van der Waals surface area contributed by atoms with Gasteiger partial charge < -0.3 is 0 Å². The summed E-state index contributed by atoms with van der Waals surface area (Å²) < 4.78 is 0. The molecule has 0 nitrogen and oxygen atoms in total. The molecule has 0 heteroatoms. The zero-order valence-electron chi connectivity index (χ0n) is 36.1. The summed E-state index contributed by atoms with van der Waals surface area (Å²) in [6, 6.07) is 16.6. The van der Waals surface area contributed by atoms with Crippen molar-refractivity contribution in [1.29, 1.82) is 0 Å². The Bertz CT molecular complexity index is 1320. The monoisotopic (exact) mass is 695 g/mol. The van der Waals surface area contributed by atoms with E-state index in [9.17, 15) is 0 Å². The zero-order chi connectivity index (χ0) is 38.3. The van der Waals surface area contributed by atoms with Crippen LogP contribution in [0.3, 0.4) is 0 Å². The molecule has 0 amide bonds. The fraction of sp³-hybridized carbons (Fsp3) is 0.608. The van der Waals surface area contributed by atoms with Gasteiger partial charge in [-0.1, -0.05) is 225 Å². The summed E-state index contributed by atoms with van der Waals surface area (Å²) in [7, 11) is 0. The second kappa shape index (κ2) is 24.6. The molecule has 0 bridgehead atoms. The van der Waals surface area contributed by atoms with Crippen molar-refractivity contribution in [2.24, 2.45) is 10.8 Å². The van der Waals surface area contributed by atoms with Crippen molar-refractivity contribution in [1.82, 2.24) is 0 Å². The number of aryl methyl sites for hydroxylation is 1. The molecule has 51 heavy (non-hydrogen) atoms. The van der Waals surface area contributed by atoms with E-state index in [0.717, 1.165) is 0 Å². The first-order chi connectivity index (χ1) is 24.6. The molecule has 0 saturated carbocycles. The lowest BCUT2D eigenvalue weighted by atomic mass is 9.64. The summed E-state index contributed by atoms with van der Waals surface area (Å²) in [5.74, 6) is 0. The molecular formula is C51H82. The summed E-state index contributed by atoms with van der Waals surface area (Å²) in [4.78, 5) is 0. The Kier molecular flexibility index (Phi) is 22.4. The quantitative estimate of drug-likeness (QED) is 0.114. The summed E-state index contributed by atoms with van der Waals surface area (Å²) in [5, 5.41) is 0. The van der Waals surface area contributed by atoms with Crippen LogP contribution in [0, 0.1) is 17.8 Å². The number of allylic oxidation sites excluding steroid dienone is 8. The van der Waals surface area contributed by atoms with E-state index in [1.807, 2.05) is 53.7 Å². The number of rotatable bonds is 17. The zero-order valence-corrected chi connectivity index (χ0v) is 36.1. The minimum atomic E-state index is 0.0418. The van der Waals surface area contributed by atoms with Gasteiger partial charge in [-0.3, -0.25) is 0 Å². The van der Waals surface area contributed by atoms with Gasteiger partial charge in [-0.05, 0) is 84.9 Å². The van der Waals surface area contributed by atoms with Gasteiger partial charge in [0.1, 0.15) is 0 Å². The van der Waals surface area contributed by atoms with Crippen molar-refractivity contribution in [3.8, 4) is 11.1 Å². The first-order valence-corrected chi connectivity index (χ1v) is 21.6. The Morgan fingerprint density at radius 3 is 1.57 bits per heavy atom. The summed E-state index contributed by atoms with van der Waals surface area (Å²) in [5.41, 5.74) is 10.6. The van der Waals surface area contributed by atoms with Crippen LogP contribution in [-0.2, 0) is 5.41 Å². The van der Waals surface area contributed by atoms with Gasteiger partial charge in [-0.25, -0.2) is 0 Å². The van der Waals surface area contributed by atoms with Crippen LogP contribution in [0.25, 0.3) is 16.7 Å². The third kappa shape index (κ3) is 12.8. The van der Waals surface area contributed by atoms with E-state index in [4.69, 9.17) is 0 Å². The SMILES string of the molecule is C/C=C\C.CC.CC.CCCCCCCCC1(CCCCCCCC)C2=C(C=CC(C)(C(C)(C)CC)C=C2)c2ccc(-c3ccc(C)cc3)cc21. The van der Waals surface area contributed by atoms with Gasteiger partial charge in [0.2, 0.25) is 0 Å². The minimum Gasteiger partial charge on any atom is -0.0919 e. The predicted molar refractivity (Wildman–Crippen MR) is 235 cm³/mol. The molecule has 2 aromatic carbocycles. The molecule has 1 atom stereocenters. The first kappa shape index (κ1) is 46.4. The van der Waals surface area contributed by atoms with Crippen LogP contribution in [0.2, 0.25) is 0 Å². The number of unbranched alkanes of at least 4 members (excludes halogenated alkanes) is 10. The smallest absolute Gasteiger partial charge is 0.0215 e. The topological polar surface area (TPSA) is 0 Å². The van der Waals surface area contributed by atoms with Crippen LogP contribution in [0.15, 0.2) is 84.5 Å². The second-order valence-electron chi connectivity index (χ2n) is 15.4. The molecule has 2 aromatic rings. The summed E-state index contributed by atoms with van der Waals surface area (Å²) in [6.45, 7) is 28.5. The number of fused-ring (bicyclic) bond motifs is 2. The highest BCUT2D eigenvalue weighted by atomic mass is 14.5. The van der Waals surface area contributed by atoms with Crippen LogP contribution in [0.5, 0.6) is 0 Å². The maximum absolute atomic E-state index is 2.60. The van der Waals surface area contributed by atoms with Gasteiger partial charge in [0.15, 0.2) is 0 Å². The molecule has 0 aromatic heterocycles. The standard InChI is InChI=1S/C43H62.C4H8.2C2H6/c1-8-11-13-15-17-19-29-43(30-20-18-16-14-12-9-2)39-28-32-42(7,41(5,6)10-3)31-27-38(39)37-26-25-36(33-40(37)43)35-23-21-34(4)22-24-35;1-3-4-2;2*1-2/h21-28,31-33H,8-20,29-30H2,1-7H3;3-4H,1-2H3;2*1-2H3/b;4-3-;;. The highest BCUT2D eigenvalue weighted by Gasteiger charge is 2.45. The molecule has 1 unspecified atom stereocenters. The number of hydrogen-bond donors (Lipinski definition) is 0. The van der Waals surface area contributed by atoms with Gasteiger partial charge in [0.25, 0.3) is 0 Å². The lowest BCUT2D eigenvalue weighted by Gasteiger charge is -2.40. The van der Waals surface area contributed by atoms with Crippen LogP contribution >= 0.6 is 0 Å². The normalized spacial score (nSPS) is 17.0.